The molecule has 4 heteroatoms. The lowest BCUT2D eigenvalue weighted by molar-refractivity contribution is -0.956. The van der Waals surface area contributed by atoms with Crippen molar-refractivity contribution in [1.82, 2.24) is 4.98 Å². The van der Waals surface area contributed by atoms with E-state index >= 15 is 0 Å². The van der Waals surface area contributed by atoms with Gasteiger partial charge in [0.15, 0.2) is 12.2 Å². The zero-order valence-electron chi connectivity index (χ0n) is 15.3. The number of H-pyrrole nitrogens is 1. The SMILES string of the molecule is Cc1ccsc1[C@H]1Nc2ccccc2[C@@H]2c3[nH]c4ccccc4c3CC[NH+]21. The van der Waals surface area contributed by atoms with Crippen molar-refractivity contribution in [2.75, 3.05) is 11.9 Å². The van der Waals surface area contributed by atoms with Crippen LogP contribution in [0.2, 0.25) is 0 Å². The van der Waals surface area contributed by atoms with E-state index in [1.54, 1.807) is 4.90 Å². The Bertz CT molecular complexity index is 1160. The van der Waals surface area contributed by atoms with Gasteiger partial charge in [-0.2, -0.15) is 0 Å². The van der Waals surface area contributed by atoms with E-state index in [0.717, 1.165) is 13.0 Å². The van der Waals surface area contributed by atoms with Gasteiger partial charge in [-0.1, -0.05) is 36.4 Å². The minimum Gasteiger partial charge on any atom is -0.353 e. The second kappa shape index (κ2) is 5.72. The number of hydrogen-bond donors (Lipinski definition) is 3. The molecule has 3 nitrogen and oxygen atoms in total. The molecule has 6 rings (SSSR count). The van der Waals surface area contributed by atoms with E-state index in [2.05, 4.69) is 77.2 Å². The molecule has 3 atom stereocenters. The smallest absolute Gasteiger partial charge is 0.197 e. The summed E-state index contributed by atoms with van der Waals surface area (Å²) in [5.41, 5.74) is 8.26. The molecule has 0 radical (unpaired) electrons. The average Bonchev–Trinajstić information content (AvgIpc) is 3.30. The molecule has 0 saturated heterocycles. The number of nitrogens with one attached hydrogen (secondary N) is 3. The van der Waals surface area contributed by atoms with E-state index in [1.165, 1.54) is 43.9 Å². The average molecular weight is 373 g/mol. The van der Waals surface area contributed by atoms with Gasteiger partial charge in [-0.15, -0.1) is 11.3 Å². The molecule has 0 bridgehead atoms. The number of thiophene rings is 1. The molecule has 2 aliphatic rings. The zero-order valence-corrected chi connectivity index (χ0v) is 16.1. The lowest BCUT2D eigenvalue weighted by Gasteiger charge is -2.43. The van der Waals surface area contributed by atoms with Crippen LogP contribution in [-0.4, -0.2) is 11.5 Å². The summed E-state index contributed by atoms with van der Waals surface area (Å²) < 4.78 is 0. The van der Waals surface area contributed by atoms with Crippen molar-refractivity contribution < 1.29 is 4.90 Å². The number of aromatic nitrogens is 1. The van der Waals surface area contributed by atoms with Gasteiger partial charge in [0.05, 0.1) is 17.1 Å². The minimum atomic E-state index is 0.310. The van der Waals surface area contributed by atoms with E-state index in [4.69, 9.17) is 0 Å². The maximum atomic E-state index is 3.86. The number of anilines is 1. The Hall–Kier alpha value is -2.56. The van der Waals surface area contributed by atoms with Crippen LogP contribution in [0.1, 0.15) is 39.5 Å². The summed E-state index contributed by atoms with van der Waals surface area (Å²) in [4.78, 5) is 6.86. The third-order valence-electron chi connectivity index (χ3n) is 6.28. The van der Waals surface area contributed by atoms with Gasteiger partial charge >= 0.3 is 0 Å². The molecule has 2 aromatic heterocycles. The fourth-order valence-electron chi connectivity index (χ4n) is 5.04. The summed E-state index contributed by atoms with van der Waals surface area (Å²) in [7, 11) is 0. The highest BCUT2D eigenvalue weighted by Gasteiger charge is 2.44. The highest BCUT2D eigenvalue weighted by molar-refractivity contribution is 7.10. The van der Waals surface area contributed by atoms with Gasteiger partial charge in [0.2, 0.25) is 0 Å². The van der Waals surface area contributed by atoms with Gasteiger partial charge in [0, 0.05) is 28.6 Å². The number of fused-ring (bicyclic) bond motifs is 7. The maximum Gasteiger partial charge on any atom is 0.197 e. The number of aryl methyl sites for hydroxylation is 1. The van der Waals surface area contributed by atoms with Crippen LogP contribution in [-0.2, 0) is 6.42 Å². The van der Waals surface area contributed by atoms with E-state index in [-0.39, 0.29) is 0 Å². The molecule has 1 unspecified atom stereocenters. The van der Waals surface area contributed by atoms with Gasteiger partial charge in [-0.3, -0.25) is 4.90 Å². The Morgan fingerprint density at radius 1 is 1.04 bits per heavy atom. The van der Waals surface area contributed by atoms with Crippen molar-refractivity contribution in [2.24, 2.45) is 0 Å². The zero-order chi connectivity index (χ0) is 18.0. The quantitative estimate of drug-likeness (QED) is 0.460. The summed E-state index contributed by atoms with van der Waals surface area (Å²) in [5.74, 6) is 0. The van der Waals surface area contributed by atoms with Gasteiger partial charge in [0.1, 0.15) is 0 Å². The number of quaternary nitrogens is 1. The second-order valence-corrected chi connectivity index (χ2v) is 8.65. The first-order valence-electron chi connectivity index (χ1n) is 9.66. The van der Waals surface area contributed by atoms with Crippen molar-refractivity contribution in [3.63, 3.8) is 0 Å². The molecular weight excluding hydrogens is 350 g/mol. The Morgan fingerprint density at radius 2 is 1.89 bits per heavy atom. The highest BCUT2D eigenvalue weighted by Crippen LogP contribution is 2.39. The molecule has 0 spiro atoms. The third-order valence-corrected chi connectivity index (χ3v) is 7.36. The summed E-state index contributed by atoms with van der Waals surface area (Å²) in [6.07, 6.45) is 1.43. The number of hydrogen-bond acceptors (Lipinski definition) is 2. The van der Waals surface area contributed by atoms with Crippen LogP contribution in [0, 0.1) is 6.92 Å². The molecular formula is C23H22N3S+. The molecule has 4 aromatic rings. The molecule has 2 aromatic carbocycles. The maximum absolute atomic E-state index is 3.86. The van der Waals surface area contributed by atoms with Gasteiger partial charge in [-0.05, 0) is 41.6 Å². The van der Waals surface area contributed by atoms with Crippen LogP contribution in [0.25, 0.3) is 10.9 Å². The number of aromatic amines is 1. The first kappa shape index (κ1) is 15.5. The first-order chi connectivity index (χ1) is 13.3. The normalized spacial score (nSPS) is 23.4. The van der Waals surface area contributed by atoms with Crippen molar-refractivity contribution >= 4 is 27.9 Å². The molecule has 3 N–H and O–H groups in total. The first-order valence-corrected chi connectivity index (χ1v) is 10.5. The van der Waals surface area contributed by atoms with Gasteiger partial charge < -0.3 is 10.3 Å². The molecule has 134 valence electrons. The lowest BCUT2D eigenvalue weighted by atomic mass is 9.88. The Balaban J connectivity index is 1.59. The van der Waals surface area contributed by atoms with Crippen molar-refractivity contribution in [2.45, 2.75) is 25.6 Å². The molecule has 0 aliphatic carbocycles. The molecule has 0 fully saturated rings. The van der Waals surface area contributed by atoms with E-state index in [1.807, 2.05) is 11.3 Å². The van der Waals surface area contributed by atoms with Crippen molar-refractivity contribution in [3.8, 4) is 0 Å². The molecule has 4 heterocycles. The Kier molecular flexibility index (Phi) is 3.28. The van der Waals surface area contributed by atoms with E-state index in [9.17, 15) is 0 Å². The number of rotatable bonds is 1. The topological polar surface area (TPSA) is 32.3 Å². The fraction of sp³-hybridized carbons (Fsp3) is 0.217. The van der Waals surface area contributed by atoms with Crippen LogP contribution < -0.4 is 10.2 Å². The fourth-order valence-corrected chi connectivity index (χ4v) is 6.06. The predicted octanol–water partition coefficient (Wildman–Crippen LogP) is 4.19. The second-order valence-electron chi connectivity index (χ2n) is 7.70. The van der Waals surface area contributed by atoms with Crippen LogP contribution in [0.15, 0.2) is 60.0 Å². The van der Waals surface area contributed by atoms with Crippen molar-refractivity contribution in [3.05, 3.63) is 87.2 Å². The van der Waals surface area contributed by atoms with E-state index < -0.39 is 0 Å². The molecule has 2 aliphatic heterocycles. The van der Waals surface area contributed by atoms with Crippen molar-refractivity contribution in [1.29, 1.82) is 0 Å². The summed E-state index contributed by atoms with van der Waals surface area (Å²) >= 11 is 1.88. The van der Waals surface area contributed by atoms with Crippen LogP contribution in [0.3, 0.4) is 0 Å². The van der Waals surface area contributed by atoms with Crippen LogP contribution >= 0.6 is 11.3 Å². The highest BCUT2D eigenvalue weighted by atomic mass is 32.1. The Morgan fingerprint density at radius 3 is 2.78 bits per heavy atom. The predicted molar refractivity (Wildman–Crippen MR) is 112 cm³/mol. The summed E-state index contributed by atoms with van der Waals surface area (Å²) in [6.45, 7) is 3.38. The summed E-state index contributed by atoms with van der Waals surface area (Å²) in [5, 5.41) is 7.48. The Labute approximate surface area is 162 Å². The van der Waals surface area contributed by atoms with Crippen LogP contribution in [0.4, 0.5) is 5.69 Å². The molecule has 0 amide bonds. The van der Waals surface area contributed by atoms with Crippen LogP contribution in [0.5, 0.6) is 0 Å². The molecule has 27 heavy (non-hydrogen) atoms. The third kappa shape index (κ3) is 2.17. The van der Waals surface area contributed by atoms with E-state index in [0.29, 0.717) is 12.2 Å². The minimum absolute atomic E-state index is 0.310. The van der Waals surface area contributed by atoms with Gasteiger partial charge in [0.25, 0.3) is 0 Å². The standard InChI is InChI=1S/C23H21N3S/c1-14-11-13-27-22(14)23-25-19-9-5-3-7-17(19)21-20-16(10-12-26(21)23)15-6-2-4-8-18(15)24-20/h2-9,11,13,21,23-25H,10,12H2,1H3/p+1/t21-,23+/m1/s1. The number of benzene rings is 2. The summed E-state index contributed by atoms with van der Waals surface area (Å²) in [6, 6.07) is 20.2. The van der Waals surface area contributed by atoms with Gasteiger partial charge in [-0.25, -0.2) is 0 Å². The monoisotopic (exact) mass is 372 g/mol. The molecule has 0 saturated carbocycles. The lowest BCUT2D eigenvalue weighted by Crippen LogP contribution is -3.15. The number of para-hydroxylation sites is 2. The largest absolute Gasteiger partial charge is 0.353 e.